The molecule has 5 rings (SSSR count). The third kappa shape index (κ3) is 5.85. The number of nitrogens with one attached hydrogen (secondary N) is 2. The fraction of sp³-hybridized carbons (Fsp3) is 0.129. The van der Waals surface area contributed by atoms with E-state index in [4.69, 9.17) is 0 Å². The fourth-order valence-electron chi connectivity index (χ4n) is 4.77. The van der Waals surface area contributed by atoms with Crippen LogP contribution in [0.5, 0.6) is 0 Å². The molecule has 2 heterocycles. The van der Waals surface area contributed by atoms with Gasteiger partial charge in [0.15, 0.2) is 0 Å². The van der Waals surface area contributed by atoms with E-state index in [2.05, 4.69) is 15.6 Å². The average molecular weight is 525 g/mol. The van der Waals surface area contributed by atoms with E-state index in [0.717, 1.165) is 22.5 Å². The van der Waals surface area contributed by atoms with E-state index in [1.165, 1.54) is 12.1 Å². The molecule has 8 heteroatoms. The summed E-state index contributed by atoms with van der Waals surface area (Å²) >= 11 is 0. The summed E-state index contributed by atoms with van der Waals surface area (Å²) < 4.78 is 30.0. The highest BCUT2D eigenvalue weighted by atomic mass is 19.1. The first-order valence-corrected chi connectivity index (χ1v) is 12.5. The van der Waals surface area contributed by atoms with E-state index in [1.54, 1.807) is 37.5 Å². The van der Waals surface area contributed by atoms with Gasteiger partial charge in [0.25, 0.3) is 5.91 Å². The second-order valence-corrected chi connectivity index (χ2v) is 9.20. The first-order valence-electron chi connectivity index (χ1n) is 12.5. The topological polar surface area (TPSA) is 76.0 Å². The van der Waals surface area contributed by atoms with Crippen LogP contribution in [0.25, 0.3) is 22.0 Å². The van der Waals surface area contributed by atoms with Crippen LogP contribution in [0.1, 0.15) is 27.7 Å². The van der Waals surface area contributed by atoms with Crippen LogP contribution < -0.4 is 10.6 Å². The van der Waals surface area contributed by atoms with E-state index < -0.39 is 17.7 Å². The van der Waals surface area contributed by atoms with Crippen LogP contribution >= 0.6 is 0 Å². The quantitative estimate of drug-likeness (QED) is 0.284. The van der Waals surface area contributed by atoms with Crippen LogP contribution in [-0.4, -0.2) is 28.4 Å². The van der Waals surface area contributed by atoms with Gasteiger partial charge in [-0.25, -0.2) is 8.78 Å². The van der Waals surface area contributed by atoms with E-state index in [-0.39, 0.29) is 24.8 Å². The summed E-state index contributed by atoms with van der Waals surface area (Å²) in [6.45, 7) is 0.0514. The van der Waals surface area contributed by atoms with E-state index in [0.29, 0.717) is 22.4 Å². The molecule has 0 aliphatic rings. The lowest BCUT2D eigenvalue weighted by Gasteiger charge is -2.22. The molecule has 0 unspecified atom stereocenters. The minimum Gasteiger partial charge on any atom is -0.355 e. The van der Waals surface area contributed by atoms with Crippen molar-refractivity contribution in [3.05, 3.63) is 126 Å². The molecule has 0 spiro atoms. The Labute approximate surface area is 224 Å². The Morgan fingerprint density at radius 3 is 2.51 bits per heavy atom. The van der Waals surface area contributed by atoms with Gasteiger partial charge in [-0.2, -0.15) is 0 Å². The predicted octanol–water partition coefficient (Wildman–Crippen LogP) is 5.44. The molecule has 39 heavy (non-hydrogen) atoms. The molecule has 2 amide bonds. The molecule has 0 saturated carbocycles. The van der Waals surface area contributed by atoms with E-state index in [1.807, 2.05) is 53.2 Å². The summed E-state index contributed by atoms with van der Waals surface area (Å²) in [5.41, 5.74) is 3.69. The van der Waals surface area contributed by atoms with Crippen molar-refractivity contribution < 1.29 is 18.4 Å². The Bertz CT molecular complexity index is 1640. The Morgan fingerprint density at radius 1 is 0.923 bits per heavy atom. The molecule has 196 valence electrons. The third-order valence-electron chi connectivity index (χ3n) is 6.52. The third-order valence-corrected chi connectivity index (χ3v) is 6.52. The summed E-state index contributed by atoms with van der Waals surface area (Å²) in [7, 11) is 1.56. The van der Waals surface area contributed by atoms with Crippen molar-refractivity contribution in [3.8, 4) is 11.1 Å². The molecule has 2 N–H and O–H groups in total. The lowest BCUT2D eigenvalue weighted by molar-refractivity contribution is -0.122. The van der Waals surface area contributed by atoms with Crippen LogP contribution in [0.2, 0.25) is 0 Å². The molecular formula is C31H26F2N4O2. The number of carbonyl (C=O) groups excluding carboxylic acids is 2. The number of carbonyl (C=O) groups is 2. The van der Waals surface area contributed by atoms with Crippen molar-refractivity contribution in [3.63, 3.8) is 0 Å². The average Bonchev–Trinajstić information content (AvgIpc) is 3.34. The molecular weight excluding hydrogens is 498 g/mol. The minimum absolute atomic E-state index is 0.0514. The van der Waals surface area contributed by atoms with Gasteiger partial charge in [-0.1, -0.05) is 36.4 Å². The predicted molar refractivity (Wildman–Crippen MR) is 146 cm³/mol. The Balaban J connectivity index is 1.51. The first kappa shape index (κ1) is 25.8. The lowest BCUT2D eigenvalue weighted by Crippen LogP contribution is -2.33. The smallest absolute Gasteiger partial charge is 0.251 e. The van der Waals surface area contributed by atoms with Crippen molar-refractivity contribution in [1.29, 1.82) is 0 Å². The van der Waals surface area contributed by atoms with Gasteiger partial charge in [0, 0.05) is 42.2 Å². The van der Waals surface area contributed by atoms with Gasteiger partial charge in [-0.3, -0.25) is 14.6 Å². The highest BCUT2D eigenvalue weighted by molar-refractivity contribution is 5.95. The van der Waals surface area contributed by atoms with Crippen molar-refractivity contribution >= 4 is 22.7 Å². The molecule has 0 bridgehead atoms. The molecule has 0 fully saturated rings. The zero-order valence-corrected chi connectivity index (χ0v) is 21.2. The number of pyridine rings is 1. The molecule has 3 aromatic carbocycles. The fourth-order valence-corrected chi connectivity index (χ4v) is 4.77. The van der Waals surface area contributed by atoms with Crippen LogP contribution in [0, 0.1) is 11.6 Å². The molecule has 0 aliphatic carbocycles. The van der Waals surface area contributed by atoms with Crippen molar-refractivity contribution in [2.75, 3.05) is 7.05 Å². The van der Waals surface area contributed by atoms with Crippen LogP contribution in [-0.2, 0) is 17.8 Å². The maximum Gasteiger partial charge on any atom is 0.251 e. The van der Waals surface area contributed by atoms with E-state index in [9.17, 15) is 18.4 Å². The Hall–Kier alpha value is -4.85. The molecule has 1 atom stereocenters. The number of rotatable bonds is 8. The molecule has 0 saturated heterocycles. The van der Waals surface area contributed by atoms with Gasteiger partial charge in [-0.05, 0) is 65.4 Å². The van der Waals surface area contributed by atoms with Gasteiger partial charge >= 0.3 is 0 Å². The summed E-state index contributed by atoms with van der Waals surface area (Å²) in [5, 5.41) is 6.67. The number of halogens is 2. The van der Waals surface area contributed by atoms with Crippen LogP contribution in [0.4, 0.5) is 8.78 Å². The molecule has 0 aliphatic heterocycles. The highest BCUT2D eigenvalue weighted by Crippen LogP contribution is 2.30. The number of nitrogens with zero attached hydrogens (tertiary/aromatic N) is 2. The van der Waals surface area contributed by atoms with Crippen LogP contribution in [0.3, 0.4) is 0 Å². The van der Waals surface area contributed by atoms with Crippen molar-refractivity contribution in [2.24, 2.45) is 0 Å². The van der Waals surface area contributed by atoms with Gasteiger partial charge in [0.05, 0.1) is 11.7 Å². The number of amides is 2. The maximum atomic E-state index is 14.1. The lowest BCUT2D eigenvalue weighted by atomic mass is 9.94. The number of fused-ring (bicyclic) bond motifs is 1. The second-order valence-electron chi connectivity index (χ2n) is 9.20. The summed E-state index contributed by atoms with van der Waals surface area (Å²) in [5.74, 6) is -1.92. The summed E-state index contributed by atoms with van der Waals surface area (Å²) in [4.78, 5) is 30.2. The number of hydrogen-bond acceptors (Lipinski definition) is 3. The second kappa shape index (κ2) is 11.3. The van der Waals surface area contributed by atoms with Gasteiger partial charge in [-0.15, -0.1) is 0 Å². The largest absolute Gasteiger partial charge is 0.355 e. The minimum atomic E-state index is -0.708. The highest BCUT2D eigenvalue weighted by Gasteiger charge is 2.22. The zero-order valence-electron chi connectivity index (χ0n) is 21.2. The molecule has 5 aromatic rings. The van der Waals surface area contributed by atoms with Gasteiger partial charge in [0.2, 0.25) is 5.91 Å². The van der Waals surface area contributed by atoms with Crippen LogP contribution in [0.15, 0.2) is 97.3 Å². The molecule has 0 radical (unpaired) electrons. The number of hydrogen-bond donors (Lipinski definition) is 2. The normalized spacial score (nSPS) is 11.8. The standard InChI is InChI=1S/C31H26F2N4O2/c1-34-31(39)23-8-4-7-22(17-23)26-9-5-12-35-30(26)27(16-20-14-24(32)18-25(33)15-20)36-29(38)19-37-13-11-21-6-2-3-10-28(21)37/h2-15,17-18,27H,16,19H2,1H3,(H,34,39)(H,36,38)/t27-/m0/s1. The van der Waals surface area contributed by atoms with E-state index >= 15 is 0 Å². The molecule has 2 aromatic heterocycles. The summed E-state index contributed by atoms with van der Waals surface area (Å²) in [6, 6.07) is 22.9. The zero-order chi connectivity index (χ0) is 27.4. The Kier molecular flexibility index (Phi) is 7.45. The van der Waals surface area contributed by atoms with Gasteiger partial charge < -0.3 is 15.2 Å². The number of para-hydroxylation sites is 1. The monoisotopic (exact) mass is 524 g/mol. The molecule has 6 nitrogen and oxygen atoms in total. The summed E-state index contributed by atoms with van der Waals surface area (Å²) in [6.07, 6.45) is 3.55. The Morgan fingerprint density at radius 2 is 1.72 bits per heavy atom. The first-order chi connectivity index (χ1) is 18.9. The number of aromatic nitrogens is 2. The SMILES string of the molecule is CNC(=O)c1cccc(-c2cccnc2[C@H](Cc2cc(F)cc(F)c2)NC(=O)Cn2ccc3ccccc32)c1. The number of benzene rings is 3. The van der Waals surface area contributed by atoms with Crippen molar-refractivity contribution in [2.45, 2.75) is 19.0 Å². The maximum absolute atomic E-state index is 14.1. The van der Waals surface area contributed by atoms with Crippen molar-refractivity contribution in [1.82, 2.24) is 20.2 Å². The van der Waals surface area contributed by atoms with Gasteiger partial charge in [0.1, 0.15) is 18.2 Å².